The van der Waals surface area contributed by atoms with Crippen molar-refractivity contribution < 1.29 is 9.90 Å². The topological polar surface area (TPSA) is 37.3 Å². The SMILES string of the molecule is O=C(O)C1CCCCCC1Cc1ccccc1. The Bertz CT molecular complexity index is 358. The third-order valence-electron chi connectivity index (χ3n) is 3.82. The average Bonchev–Trinajstić information content (AvgIpc) is 2.56. The van der Waals surface area contributed by atoms with Gasteiger partial charge in [0.25, 0.3) is 0 Å². The summed E-state index contributed by atoms with van der Waals surface area (Å²) in [6.45, 7) is 0. The largest absolute Gasteiger partial charge is 0.481 e. The first-order valence-electron chi connectivity index (χ1n) is 6.54. The number of carboxylic acids is 1. The Morgan fingerprint density at radius 2 is 1.82 bits per heavy atom. The standard InChI is InChI=1S/C15H20O2/c16-15(17)14-10-6-2-5-9-13(14)11-12-7-3-1-4-8-12/h1,3-4,7-8,13-14H,2,5-6,9-11H2,(H,16,17). The van der Waals surface area contributed by atoms with E-state index in [0.717, 1.165) is 25.7 Å². The number of rotatable bonds is 3. The average molecular weight is 232 g/mol. The van der Waals surface area contributed by atoms with Crippen LogP contribution in [0.4, 0.5) is 0 Å². The van der Waals surface area contributed by atoms with Crippen molar-refractivity contribution in [3.05, 3.63) is 35.9 Å². The molecule has 0 heterocycles. The van der Waals surface area contributed by atoms with Crippen LogP contribution in [0.5, 0.6) is 0 Å². The van der Waals surface area contributed by atoms with Gasteiger partial charge in [0.1, 0.15) is 0 Å². The summed E-state index contributed by atoms with van der Waals surface area (Å²) in [6.07, 6.45) is 6.27. The molecule has 92 valence electrons. The van der Waals surface area contributed by atoms with E-state index in [-0.39, 0.29) is 5.92 Å². The highest BCUT2D eigenvalue weighted by Gasteiger charge is 2.29. The maximum absolute atomic E-state index is 11.3. The van der Waals surface area contributed by atoms with E-state index in [1.807, 2.05) is 18.2 Å². The second-order valence-corrected chi connectivity index (χ2v) is 5.03. The zero-order valence-corrected chi connectivity index (χ0v) is 10.1. The van der Waals surface area contributed by atoms with Crippen molar-refractivity contribution in [2.45, 2.75) is 38.5 Å². The quantitative estimate of drug-likeness (QED) is 0.810. The van der Waals surface area contributed by atoms with Gasteiger partial charge in [-0.2, -0.15) is 0 Å². The molecule has 0 spiro atoms. The first-order valence-corrected chi connectivity index (χ1v) is 6.54. The van der Waals surface area contributed by atoms with Crippen LogP contribution in [-0.2, 0) is 11.2 Å². The maximum Gasteiger partial charge on any atom is 0.306 e. The molecule has 0 bridgehead atoms. The Kier molecular flexibility index (Phi) is 4.18. The minimum Gasteiger partial charge on any atom is -0.481 e. The van der Waals surface area contributed by atoms with E-state index in [0.29, 0.717) is 5.92 Å². The minimum atomic E-state index is -0.604. The van der Waals surface area contributed by atoms with Crippen LogP contribution in [0.3, 0.4) is 0 Å². The fraction of sp³-hybridized carbons (Fsp3) is 0.533. The van der Waals surface area contributed by atoms with Crippen LogP contribution in [0.1, 0.15) is 37.7 Å². The van der Waals surface area contributed by atoms with Gasteiger partial charge in [-0.25, -0.2) is 0 Å². The molecule has 2 atom stereocenters. The zero-order valence-electron chi connectivity index (χ0n) is 10.1. The van der Waals surface area contributed by atoms with E-state index >= 15 is 0 Å². The van der Waals surface area contributed by atoms with Crippen molar-refractivity contribution in [1.82, 2.24) is 0 Å². The Balaban J connectivity index is 2.07. The van der Waals surface area contributed by atoms with Crippen molar-refractivity contribution in [3.8, 4) is 0 Å². The number of hydrogen-bond acceptors (Lipinski definition) is 1. The van der Waals surface area contributed by atoms with E-state index in [1.54, 1.807) is 0 Å². The van der Waals surface area contributed by atoms with Crippen molar-refractivity contribution in [2.24, 2.45) is 11.8 Å². The summed E-state index contributed by atoms with van der Waals surface area (Å²) in [5.41, 5.74) is 1.27. The van der Waals surface area contributed by atoms with Crippen LogP contribution in [0, 0.1) is 11.8 Å². The van der Waals surface area contributed by atoms with Gasteiger partial charge in [0.05, 0.1) is 5.92 Å². The number of hydrogen-bond donors (Lipinski definition) is 1. The van der Waals surface area contributed by atoms with Crippen molar-refractivity contribution in [3.63, 3.8) is 0 Å². The number of carbonyl (C=O) groups is 1. The van der Waals surface area contributed by atoms with E-state index in [4.69, 9.17) is 0 Å². The van der Waals surface area contributed by atoms with Gasteiger partial charge in [0.15, 0.2) is 0 Å². The Hall–Kier alpha value is -1.31. The molecule has 2 heteroatoms. The smallest absolute Gasteiger partial charge is 0.306 e. The molecule has 0 radical (unpaired) electrons. The summed E-state index contributed by atoms with van der Waals surface area (Å²) in [6, 6.07) is 10.3. The van der Waals surface area contributed by atoms with E-state index in [2.05, 4.69) is 12.1 Å². The molecule has 1 aliphatic carbocycles. The molecule has 1 N–H and O–H groups in total. The van der Waals surface area contributed by atoms with Crippen LogP contribution in [0.25, 0.3) is 0 Å². The summed E-state index contributed by atoms with van der Waals surface area (Å²) >= 11 is 0. The highest BCUT2D eigenvalue weighted by molar-refractivity contribution is 5.70. The monoisotopic (exact) mass is 232 g/mol. The number of carboxylic acid groups (broad SMARTS) is 1. The second-order valence-electron chi connectivity index (χ2n) is 5.03. The van der Waals surface area contributed by atoms with E-state index < -0.39 is 5.97 Å². The number of aliphatic carboxylic acids is 1. The predicted molar refractivity (Wildman–Crippen MR) is 67.8 cm³/mol. The lowest BCUT2D eigenvalue weighted by Crippen LogP contribution is -2.24. The van der Waals surface area contributed by atoms with Gasteiger partial charge < -0.3 is 5.11 Å². The molecule has 0 amide bonds. The van der Waals surface area contributed by atoms with Crippen LogP contribution >= 0.6 is 0 Å². The number of benzene rings is 1. The highest BCUT2D eigenvalue weighted by Crippen LogP contribution is 2.31. The molecular formula is C15H20O2. The second kappa shape index (κ2) is 5.85. The molecule has 1 saturated carbocycles. The van der Waals surface area contributed by atoms with Gasteiger partial charge in [0.2, 0.25) is 0 Å². The third kappa shape index (κ3) is 3.32. The third-order valence-corrected chi connectivity index (χ3v) is 3.82. The first-order chi connectivity index (χ1) is 8.27. The van der Waals surface area contributed by atoms with Gasteiger partial charge in [-0.3, -0.25) is 4.79 Å². The lowest BCUT2D eigenvalue weighted by atomic mass is 9.83. The normalized spacial score (nSPS) is 25.2. The van der Waals surface area contributed by atoms with Crippen LogP contribution < -0.4 is 0 Å². The van der Waals surface area contributed by atoms with Gasteiger partial charge >= 0.3 is 5.97 Å². The molecular weight excluding hydrogens is 212 g/mol. The molecule has 0 aromatic heterocycles. The molecule has 2 unspecified atom stereocenters. The molecule has 1 aromatic carbocycles. The maximum atomic E-state index is 11.3. The van der Waals surface area contributed by atoms with Gasteiger partial charge in [-0.05, 0) is 30.7 Å². The molecule has 1 fully saturated rings. The van der Waals surface area contributed by atoms with Crippen LogP contribution in [-0.4, -0.2) is 11.1 Å². The summed E-state index contributed by atoms with van der Waals surface area (Å²) in [5.74, 6) is -0.428. The molecule has 2 rings (SSSR count). The fourth-order valence-electron chi connectivity index (χ4n) is 2.87. The molecule has 0 aliphatic heterocycles. The molecule has 1 aromatic rings. The Labute approximate surface area is 103 Å². The van der Waals surface area contributed by atoms with Gasteiger partial charge in [-0.15, -0.1) is 0 Å². The van der Waals surface area contributed by atoms with Crippen LogP contribution in [0.15, 0.2) is 30.3 Å². The van der Waals surface area contributed by atoms with Gasteiger partial charge in [0, 0.05) is 0 Å². The van der Waals surface area contributed by atoms with E-state index in [9.17, 15) is 9.90 Å². The summed E-state index contributed by atoms with van der Waals surface area (Å²) < 4.78 is 0. The van der Waals surface area contributed by atoms with Crippen LogP contribution in [0.2, 0.25) is 0 Å². The predicted octanol–water partition coefficient (Wildman–Crippen LogP) is 3.51. The summed E-state index contributed by atoms with van der Waals surface area (Å²) in [4.78, 5) is 11.3. The molecule has 17 heavy (non-hydrogen) atoms. The Morgan fingerprint density at radius 1 is 1.12 bits per heavy atom. The lowest BCUT2D eigenvalue weighted by molar-refractivity contribution is -0.143. The molecule has 1 aliphatic rings. The fourth-order valence-corrected chi connectivity index (χ4v) is 2.87. The molecule has 0 saturated heterocycles. The minimum absolute atomic E-state index is 0.141. The zero-order chi connectivity index (χ0) is 12.1. The highest BCUT2D eigenvalue weighted by atomic mass is 16.4. The molecule has 2 nitrogen and oxygen atoms in total. The van der Waals surface area contributed by atoms with Crippen molar-refractivity contribution in [1.29, 1.82) is 0 Å². The van der Waals surface area contributed by atoms with Crippen molar-refractivity contribution >= 4 is 5.97 Å². The van der Waals surface area contributed by atoms with Gasteiger partial charge in [-0.1, -0.05) is 49.6 Å². The van der Waals surface area contributed by atoms with E-state index in [1.165, 1.54) is 18.4 Å². The lowest BCUT2D eigenvalue weighted by Gasteiger charge is -2.21. The Morgan fingerprint density at radius 3 is 2.53 bits per heavy atom. The van der Waals surface area contributed by atoms with Crippen molar-refractivity contribution in [2.75, 3.05) is 0 Å². The summed E-state index contributed by atoms with van der Waals surface area (Å²) in [7, 11) is 0. The summed E-state index contributed by atoms with van der Waals surface area (Å²) in [5, 5.41) is 9.31. The first kappa shape index (κ1) is 12.2.